The van der Waals surface area contributed by atoms with Gasteiger partial charge in [-0.1, -0.05) is 30.3 Å². The summed E-state index contributed by atoms with van der Waals surface area (Å²) in [6.45, 7) is 4.59. The first-order valence-electron chi connectivity index (χ1n) is 10.8. The highest BCUT2D eigenvalue weighted by Crippen LogP contribution is 2.25. The molecule has 172 valence electrons. The van der Waals surface area contributed by atoms with Crippen molar-refractivity contribution >= 4 is 33.0 Å². The van der Waals surface area contributed by atoms with Crippen LogP contribution >= 0.6 is 0 Å². The van der Waals surface area contributed by atoms with Crippen LogP contribution in [0.2, 0.25) is 0 Å². The Balaban J connectivity index is 1.53. The van der Waals surface area contributed by atoms with Gasteiger partial charge in [0.1, 0.15) is 6.54 Å². The SMILES string of the molecule is Cc1cccc(N(CC(=O)Nc2ccc(N3CCOCC3)cc2)S(=O)(=O)c2ccccc2)c1. The number of aryl methyl sites for hydroxylation is 1. The summed E-state index contributed by atoms with van der Waals surface area (Å²) in [4.78, 5) is 15.3. The number of amides is 1. The van der Waals surface area contributed by atoms with Crippen LogP contribution in [0, 0.1) is 6.92 Å². The largest absolute Gasteiger partial charge is 0.378 e. The Hall–Kier alpha value is -3.36. The molecule has 0 unspecified atom stereocenters. The lowest BCUT2D eigenvalue weighted by Gasteiger charge is -2.29. The fourth-order valence-electron chi connectivity index (χ4n) is 3.73. The first kappa shape index (κ1) is 22.8. The van der Waals surface area contributed by atoms with Crippen molar-refractivity contribution in [2.24, 2.45) is 0 Å². The van der Waals surface area contributed by atoms with Gasteiger partial charge in [0.25, 0.3) is 10.0 Å². The van der Waals surface area contributed by atoms with Crippen molar-refractivity contribution in [3.05, 3.63) is 84.4 Å². The van der Waals surface area contributed by atoms with Gasteiger partial charge >= 0.3 is 0 Å². The lowest BCUT2D eigenvalue weighted by Crippen LogP contribution is -2.38. The van der Waals surface area contributed by atoms with Gasteiger partial charge in [0.05, 0.1) is 23.8 Å². The molecule has 3 aromatic rings. The van der Waals surface area contributed by atoms with Gasteiger partial charge in [-0.25, -0.2) is 8.42 Å². The third-order valence-electron chi connectivity index (χ3n) is 5.44. The Morgan fingerprint density at radius 2 is 1.67 bits per heavy atom. The molecule has 0 aliphatic carbocycles. The van der Waals surface area contributed by atoms with Crippen molar-refractivity contribution in [2.45, 2.75) is 11.8 Å². The second kappa shape index (κ2) is 10.1. The molecule has 1 aliphatic rings. The highest BCUT2D eigenvalue weighted by atomic mass is 32.2. The summed E-state index contributed by atoms with van der Waals surface area (Å²) in [5.74, 6) is -0.421. The summed E-state index contributed by atoms with van der Waals surface area (Å²) in [7, 11) is -3.93. The number of carbonyl (C=O) groups excluding carboxylic acids is 1. The van der Waals surface area contributed by atoms with Crippen LogP contribution < -0.4 is 14.5 Å². The van der Waals surface area contributed by atoms with Crippen LogP contribution in [0.15, 0.2) is 83.8 Å². The van der Waals surface area contributed by atoms with Crippen LogP contribution in [0.3, 0.4) is 0 Å². The van der Waals surface area contributed by atoms with Crippen LogP contribution in [0.5, 0.6) is 0 Å². The Morgan fingerprint density at radius 1 is 0.970 bits per heavy atom. The number of nitrogens with one attached hydrogen (secondary N) is 1. The second-order valence-corrected chi connectivity index (χ2v) is 9.72. The maximum Gasteiger partial charge on any atom is 0.264 e. The molecule has 1 N–H and O–H groups in total. The van der Waals surface area contributed by atoms with Crippen molar-refractivity contribution < 1.29 is 17.9 Å². The van der Waals surface area contributed by atoms with E-state index in [1.807, 2.05) is 37.3 Å². The lowest BCUT2D eigenvalue weighted by atomic mass is 10.2. The minimum absolute atomic E-state index is 0.133. The van der Waals surface area contributed by atoms with Crippen molar-refractivity contribution in [3.63, 3.8) is 0 Å². The minimum atomic E-state index is -3.93. The van der Waals surface area contributed by atoms with Gasteiger partial charge in [-0.2, -0.15) is 0 Å². The predicted molar refractivity (Wildman–Crippen MR) is 130 cm³/mol. The summed E-state index contributed by atoms with van der Waals surface area (Å²) >= 11 is 0. The number of hydrogen-bond acceptors (Lipinski definition) is 5. The van der Waals surface area contributed by atoms with E-state index in [4.69, 9.17) is 4.74 Å². The Labute approximate surface area is 194 Å². The molecule has 0 saturated carbocycles. The zero-order valence-corrected chi connectivity index (χ0v) is 19.3. The van der Waals surface area contributed by atoms with E-state index in [0.717, 1.165) is 28.6 Å². The maximum atomic E-state index is 13.4. The summed E-state index contributed by atoms with van der Waals surface area (Å²) in [6.07, 6.45) is 0. The second-order valence-electron chi connectivity index (χ2n) is 7.86. The van der Waals surface area contributed by atoms with Crippen LogP contribution in [0.1, 0.15) is 5.56 Å². The average molecular weight is 466 g/mol. The smallest absolute Gasteiger partial charge is 0.264 e. The van der Waals surface area contributed by atoms with Crippen LogP contribution in [-0.2, 0) is 19.6 Å². The van der Waals surface area contributed by atoms with Crippen molar-refractivity contribution in [2.75, 3.05) is 47.4 Å². The molecule has 0 atom stereocenters. The first-order valence-corrected chi connectivity index (χ1v) is 12.2. The summed E-state index contributed by atoms with van der Waals surface area (Å²) < 4.78 is 33.3. The van der Waals surface area contributed by atoms with E-state index < -0.39 is 15.9 Å². The van der Waals surface area contributed by atoms with Gasteiger partial charge in [-0.3, -0.25) is 9.10 Å². The number of morpholine rings is 1. The average Bonchev–Trinajstić information content (AvgIpc) is 2.84. The quantitative estimate of drug-likeness (QED) is 0.576. The standard InChI is InChI=1S/C25H27N3O4S/c1-20-6-5-7-23(18-20)28(33(30,31)24-8-3-2-4-9-24)19-25(29)26-21-10-12-22(13-11-21)27-14-16-32-17-15-27/h2-13,18H,14-17,19H2,1H3,(H,26,29). The normalized spacial score (nSPS) is 14.0. The third-order valence-corrected chi connectivity index (χ3v) is 7.22. The van der Waals surface area contributed by atoms with E-state index in [1.54, 1.807) is 36.4 Å². The zero-order chi connectivity index (χ0) is 23.3. The highest BCUT2D eigenvalue weighted by Gasteiger charge is 2.27. The van der Waals surface area contributed by atoms with Gasteiger partial charge in [0.15, 0.2) is 0 Å². The van der Waals surface area contributed by atoms with Crippen LogP contribution in [0.25, 0.3) is 0 Å². The molecule has 1 saturated heterocycles. The number of rotatable bonds is 7. The number of carbonyl (C=O) groups is 1. The Bertz CT molecular complexity index is 1190. The van der Waals surface area contributed by atoms with E-state index >= 15 is 0 Å². The monoisotopic (exact) mass is 465 g/mol. The number of anilines is 3. The number of benzene rings is 3. The molecular formula is C25H27N3O4S. The molecule has 0 aromatic heterocycles. The predicted octanol–water partition coefficient (Wildman–Crippen LogP) is 3.67. The molecule has 0 bridgehead atoms. The zero-order valence-electron chi connectivity index (χ0n) is 18.5. The molecule has 1 amide bonds. The molecule has 3 aromatic carbocycles. The first-order chi connectivity index (χ1) is 15.9. The fraction of sp³-hybridized carbons (Fsp3) is 0.240. The molecule has 8 heteroatoms. The van der Waals surface area contributed by atoms with Gasteiger partial charge in [0, 0.05) is 24.5 Å². The molecule has 1 heterocycles. The fourth-order valence-corrected chi connectivity index (χ4v) is 5.16. The molecule has 1 fully saturated rings. The molecule has 1 aliphatic heterocycles. The van der Waals surface area contributed by atoms with Gasteiger partial charge in [0.2, 0.25) is 5.91 Å². The summed E-state index contributed by atoms with van der Waals surface area (Å²) in [5.41, 5.74) is 3.01. The molecule has 7 nitrogen and oxygen atoms in total. The van der Waals surface area contributed by atoms with E-state index in [2.05, 4.69) is 10.2 Å². The highest BCUT2D eigenvalue weighted by molar-refractivity contribution is 7.92. The summed E-state index contributed by atoms with van der Waals surface area (Å²) in [6, 6.07) is 22.8. The lowest BCUT2D eigenvalue weighted by molar-refractivity contribution is -0.114. The van der Waals surface area contributed by atoms with Crippen LogP contribution in [0.4, 0.5) is 17.1 Å². The van der Waals surface area contributed by atoms with Crippen LogP contribution in [-0.4, -0.2) is 47.2 Å². The van der Waals surface area contributed by atoms with Crippen molar-refractivity contribution in [1.82, 2.24) is 0 Å². The Kier molecular flexibility index (Phi) is 6.96. The van der Waals surface area contributed by atoms with Gasteiger partial charge < -0.3 is 15.0 Å². The number of sulfonamides is 1. The summed E-state index contributed by atoms with van der Waals surface area (Å²) in [5, 5.41) is 2.82. The molecule has 0 radical (unpaired) electrons. The van der Waals surface area contributed by atoms with E-state index in [0.29, 0.717) is 24.6 Å². The topological polar surface area (TPSA) is 79.0 Å². The van der Waals surface area contributed by atoms with E-state index in [1.165, 1.54) is 12.1 Å². The van der Waals surface area contributed by atoms with Gasteiger partial charge in [-0.05, 0) is 61.0 Å². The molecule has 33 heavy (non-hydrogen) atoms. The molecule has 0 spiro atoms. The number of hydrogen-bond donors (Lipinski definition) is 1. The minimum Gasteiger partial charge on any atom is -0.378 e. The van der Waals surface area contributed by atoms with Crippen molar-refractivity contribution in [3.8, 4) is 0 Å². The molecular weight excluding hydrogens is 438 g/mol. The Morgan fingerprint density at radius 3 is 2.33 bits per heavy atom. The van der Waals surface area contributed by atoms with Gasteiger partial charge in [-0.15, -0.1) is 0 Å². The van der Waals surface area contributed by atoms with Crippen molar-refractivity contribution in [1.29, 1.82) is 0 Å². The van der Waals surface area contributed by atoms with E-state index in [-0.39, 0.29) is 11.4 Å². The third kappa shape index (κ3) is 5.53. The molecule has 4 rings (SSSR count). The number of ether oxygens (including phenoxy) is 1. The maximum absolute atomic E-state index is 13.4. The number of nitrogens with zero attached hydrogens (tertiary/aromatic N) is 2. The van der Waals surface area contributed by atoms with E-state index in [9.17, 15) is 13.2 Å².